The Kier molecular flexibility index (Phi) is 7.80. The monoisotopic (exact) mass is 597 g/mol. The Morgan fingerprint density at radius 1 is 1.13 bits per heavy atom. The second-order valence-corrected chi connectivity index (χ2v) is 9.91. The lowest BCUT2D eigenvalue weighted by atomic mass is 9.86. The highest BCUT2D eigenvalue weighted by Crippen LogP contribution is 2.49. The molecule has 0 spiro atoms. The van der Waals surface area contributed by atoms with Crippen molar-refractivity contribution in [1.29, 1.82) is 0 Å². The van der Waals surface area contributed by atoms with Crippen LogP contribution in [0, 0.1) is 6.92 Å². The zero-order valence-electron chi connectivity index (χ0n) is 19.9. The Bertz CT molecular complexity index is 1310. The molecule has 7 nitrogen and oxygen atoms in total. The summed E-state index contributed by atoms with van der Waals surface area (Å²) in [7, 11) is 0. The fraction of sp³-hybridized carbons (Fsp3) is 0.375. The number of hydrogen-bond acceptors (Lipinski definition) is 5. The SMILES string of the molecule is Cc1cc(C2=NOC(c3cc(Cl)cc(Cl)c3)(C(F)(F)F)C2)ccc1C(=O)NC1CON(CC(F)(F)F)C(=O)C1. The van der Waals surface area contributed by atoms with Gasteiger partial charge in [0.2, 0.25) is 5.91 Å². The van der Waals surface area contributed by atoms with Crippen molar-refractivity contribution < 1.29 is 45.6 Å². The summed E-state index contributed by atoms with van der Waals surface area (Å²) >= 11 is 11.8. The summed E-state index contributed by atoms with van der Waals surface area (Å²) in [6.07, 6.45) is -10.6. The van der Waals surface area contributed by atoms with Crippen LogP contribution in [0.25, 0.3) is 0 Å². The average molecular weight is 598 g/mol. The first-order valence-corrected chi connectivity index (χ1v) is 12.0. The molecule has 1 fully saturated rings. The van der Waals surface area contributed by atoms with E-state index in [0.29, 0.717) is 5.56 Å². The van der Waals surface area contributed by atoms with Gasteiger partial charge in [0, 0.05) is 27.6 Å². The van der Waals surface area contributed by atoms with E-state index in [1.54, 1.807) is 0 Å². The Morgan fingerprint density at radius 3 is 2.36 bits per heavy atom. The number of carbonyl (C=O) groups excluding carboxylic acids is 2. The van der Waals surface area contributed by atoms with Gasteiger partial charge < -0.3 is 10.2 Å². The second kappa shape index (κ2) is 10.5. The molecule has 2 aliphatic rings. The third-order valence-corrected chi connectivity index (χ3v) is 6.54. The fourth-order valence-electron chi connectivity index (χ4n) is 4.22. The number of rotatable bonds is 5. The Morgan fingerprint density at radius 2 is 1.79 bits per heavy atom. The summed E-state index contributed by atoms with van der Waals surface area (Å²) in [5.41, 5.74) is -2.42. The number of carbonyl (C=O) groups is 2. The number of hydrogen-bond donors (Lipinski definition) is 1. The van der Waals surface area contributed by atoms with E-state index in [1.165, 1.54) is 31.2 Å². The first kappa shape index (κ1) is 29.0. The molecule has 210 valence electrons. The van der Waals surface area contributed by atoms with Crippen molar-refractivity contribution in [2.24, 2.45) is 5.16 Å². The molecule has 0 saturated carbocycles. The van der Waals surface area contributed by atoms with E-state index < -0.39 is 55.2 Å². The predicted molar refractivity (Wildman–Crippen MR) is 127 cm³/mol. The number of nitrogens with one attached hydrogen (secondary N) is 1. The summed E-state index contributed by atoms with van der Waals surface area (Å²) in [5, 5.41) is 6.38. The second-order valence-electron chi connectivity index (χ2n) is 9.03. The van der Waals surface area contributed by atoms with Gasteiger partial charge in [-0.05, 0) is 48.4 Å². The third-order valence-electron chi connectivity index (χ3n) is 6.11. The van der Waals surface area contributed by atoms with E-state index in [9.17, 15) is 35.9 Å². The molecule has 2 heterocycles. The lowest BCUT2D eigenvalue weighted by molar-refractivity contribution is -0.275. The van der Waals surface area contributed by atoms with Crippen molar-refractivity contribution in [2.75, 3.05) is 13.2 Å². The molecule has 0 bridgehead atoms. The van der Waals surface area contributed by atoms with Crippen molar-refractivity contribution in [2.45, 2.75) is 43.8 Å². The largest absolute Gasteiger partial charge is 0.435 e. The van der Waals surface area contributed by atoms with Crippen LogP contribution in [0.5, 0.6) is 0 Å². The molecule has 0 radical (unpaired) electrons. The molecule has 2 amide bonds. The number of alkyl halides is 6. The molecule has 0 aromatic heterocycles. The Hall–Kier alpha value is -3.03. The van der Waals surface area contributed by atoms with Crippen LogP contribution in [0.15, 0.2) is 41.6 Å². The zero-order chi connectivity index (χ0) is 28.8. The molecule has 2 aromatic carbocycles. The van der Waals surface area contributed by atoms with E-state index in [0.717, 1.165) is 12.1 Å². The van der Waals surface area contributed by atoms with Gasteiger partial charge in [-0.15, -0.1) is 0 Å². The lowest BCUT2D eigenvalue weighted by Gasteiger charge is -2.31. The number of hydroxylamine groups is 2. The summed E-state index contributed by atoms with van der Waals surface area (Å²) in [6.45, 7) is -0.386. The number of halogens is 8. The molecule has 1 N–H and O–H groups in total. The smallest absolute Gasteiger partial charge is 0.374 e. The van der Waals surface area contributed by atoms with Crippen LogP contribution in [0.1, 0.15) is 39.9 Å². The number of amides is 2. The maximum Gasteiger partial charge on any atom is 0.435 e. The van der Waals surface area contributed by atoms with Crippen LogP contribution in [0.2, 0.25) is 10.0 Å². The lowest BCUT2D eigenvalue weighted by Crippen LogP contribution is -2.51. The molecule has 1 saturated heterocycles. The van der Waals surface area contributed by atoms with Crippen LogP contribution < -0.4 is 5.32 Å². The van der Waals surface area contributed by atoms with Gasteiger partial charge in [0.25, 0.3) is 11.5 Å². The van der Waals surface area contributed by atoms with Crippen LogP contribution in [-0.2, 0) is 20.1 Å². The van der Waals surface area contributed by atoms with Gasteiger partial charge in [-0.1, -0.05) is 34.4 Å². The highest BCUT2D eigenvalue weighted by Gasteiger charge is 2.62. The summed E-state index contributed by atoms with van der Waals surface area (Å²) in [4.78, 5) is 34.5. The minimum Gasteiger partial charge on any atom is -0.374 e. The predicted octanol–water partition coefficient (Wildman–Crippen LogP) is 5.71. The van der Waals surface area contributed by atoms with Gasteiger partial charge in [0.05, 0.1) is 24.8 Å². The molecule has 2 atom stereocenters. The van der Waals surface area contributed by atoms with Crippen molar-refractivity contribution >= 4 is 40.7 Å². The third kappa shape index (κ3) is 6.25. The Balaban J connectivity index is 1.47. The zero-order valence-corrected chi connectivity index (χ0v) is 21.4. The quantitative estimate of drug-likeness (QED) is 0.448. The minimum absolute atomic E-state index is 0.0116. The first-order chi connectivity index (χ1) is 18.1. The van der Waals surface area contributed by atoms with E-state index in [2.05, 4.69) is 10.5 Å². The number of oxime groups is 1. The van der Waals surface area contributed by atoms with E-state index in [1.807, 2.05) is 0 Å². The number of aryl methyl sites for hydroxylation is 1. The summed E-state index contributed by atoms with van der Waals surface area (Å²) < 4.78 is 80.3. The maximum atomic E-state index is 14.2. The highest BCUT2D eigenvalue weighted by molar-refractivity contribution is 6.34. The molecule has 0 aliphatic carbocycles. The molecule has 15 heteroatoms. The van der Waals surface area contributed by atoms with Crippen LogP contribution in [0.4, 0.5) is 26.3 Å². The minimum atomic E-state index is -4.88. The summed E-state index contributed by atoms with van der Waals surface area (Å²) in [5.74, 6) is -1.59. The Labute approximate surface area is 227 Å². The maximum absolute atomic E-state index is 14.2. The molecular weight excluding hydrogens is 579 g/mol. The molecule has 2 aromatic rings. The normalized spacial score (nSPS) is 22.0. The first-order valence-electron chi connectivity index (χ1n) is 11.3. The fourth-order valence-corrected chi connectivity index (χ4v) is 4.75. The van der Waals surface area contributed by atoms with Crippen molar-refractivity contribution in [3.8, 4) is 0 Å². The molecule has 4 rings (SSSR count). The van der Waals surface area contributed by atoms with Gasteiger partial charge in [-0.3, -0.25) is 14.4 Å². The van der Waals surface area contributed by atoms with Gasteiger partial charge in [-0.2, -0.15) is 26.3 Å². The van der Waals surface area contributed by atoms with Gasteiger partial charge in [0.1, 0.15) is 6.54 Å². The molecule has 2 aliphatic heterocycles. The van der Waals surface area contributed by atoms with Crippen molar-refractivity contribution in [3.63, 3.8) is 0 Å². The molecule has 2 unspecified atom stereocenters. The summed E-state index contributed by atoms with van der Waals surface area (Å²) in [6, 6.07) is 6.79. The van der Waals surface area contributed by atoms with E-state index >= 15 is 0 Å². The number of benzene rings is 2. The van der Waals surface area contributed by atoms with Gasteiger partial charge >= 0.3 is 12.4 Å². The van der Waals surface area contributed by atoms with Crippen LogP contribution >= 0.6 is 23.2 Å². The standard InChI is InChI=1S/C24H19Cl2F6N3O4/c1-12-4-13(19-9-22(39-34-19,24(30,31)32)14-5-15(25)7-16(26)6-14)2-3-18(12)21(37)33-17-8-20(36)35(38-10-17)11-23(27,28)29/h2-7,17H,8-11H2,1H3,(H,33,37). The van der Waals surface area contributed by atoms with Crippen molar-refractivity contribution in [3.05, 3.63) is 68.7 Å². The van der Waals surface area contributed by atoms with Gasteiger partial charge in [-0.25, -0.2) is 5.06 Å². The average Bonchev–Trinajstić information content (AvgIpc) is 3.26. The van der Waals surface area contributed by atoms with E-state index in [-0.39, 0.29) is 44.1 Å². The topological polar surface area (TPSA) is 80.2 Å². The van der Waals surface area contributed by atoms with E-state index in [4.69, 9.17) is 32.9 Å². The van der Waals surface area contributed by atoms with Crippen LogP contribution in [-0.4, -0.2) is 54.1 Å². The molecule has 39 heavy (non-hydrogen) atoms. The van der Waals surface area contributed by atoms with Crippen molar-refractivity contribution in [1.82, 2.24) is 10.4 Å². The highest BCUT2D eigenvalue weighted by atomic mass is 35.5. The van der Waals surface area contributed by atoms with Gasteiger partial charge in [0.15, 0.2) is 0 Å². The molecular formula is C24H19Cl2F6N3O4. The van der Waals surface area contributed by atoms with Crippen LogP contribution in [0.3, 0.4) is 0 Å². The number of nitrogens with zero attached hydrogens (tertiary/aromatic N) is 2.